The number of hydrogen-bond donors (Lipinski definition) is 1. The van der Waals surface area contributed by atoms with Gasteiger partial charge < -0.3 is 9.84 Å². The van der Waals surface area contributed by atoms with Crippen molar-refractivity contribution in [1.29, 1.82) is 0 Å². The summed E-state index contributed by atoms with van der Waals surface area (Å²) in [6, 6.07) is 0.446. The Labute approximate surface area is 102 Å². The first-order valence-corrected chi connectivity index (χ1v) is 6.59. The van der Waals surface area contributed by atoms with E-state index in [0.717, 1.165) is 25.0 Å². The molecule has 0 radical (unpaired) electrons. The summed E-state index contributed by atoms with van der Waals surface area (Å²) in [5.41, 5.74) is 1.03. The van der Waals surface area contributed by atoms with Crippen LogP contribution in [0.5, 0.6) is 0 Å². The summed E-state index contributed by atoms with van der Waals surface area (Å²) in [7, 11) is 0. The zero-order valence-corrected chi connectivity index (χ0v) is 10.1. The van der Waals surface area contributed by atoms with Crippen LogP contribution in [0.15, 0.2) is 12.4 Å². The summed E-state index contributed by atoms with van der Waals surface area (Å²) in [5, 5.41) is 13.4. The van der Waals surface area contributed by atoms with Crippen LogP contribution in [0, 0.1) is 0 Å². The molecule has 4 nitrogen and oxygen atoms in total. The lowest BCUT2D eigenvalue weighted by Gasteiger charge is -2.38. The average molecular weight is 236 g/mol. The Morgan fingerprint density at radius 3 is 3.00 bits per heavy atom. The molecule has 2 aliphatic rings. The monoisotopic (exact) mass is 236 g/mol. The fourth-order valence-corrected chi connectivity index (χ4v) is 3.25. The molecule has 1 aromatic rings. The highest BCUT2D eigenvalue weighted by Crippen LogP contribution is 2.43. The molecule has 1 saturated carbocycles. The smallest absolute Gasteiger partial charge is 0.0712 e. The summed E-state index contributed by atoms with van der Waals surface area (Å²) < 4.78 is 8.04. The Balaban J connectivity index is 1.74. The average Bonchev–Trinajstić information content (AvgIpc) is 2.99. The third kappa shape index (κ3) is 2.11. The standard InChI is InChI=1S/C13H20N2O2/c16-10-11-8-14-15(9-11)12-3-6-17-13(7-12)4-1-2-5-13/h8-9,12,16H,1-7,10H2. The Kier molecular flexibility index (Phi) is 2.92. The SMILES string of the molecule is OCc1cnn(C2CCOC3(CCCC3)C2)c1. The van der Waals surface area contributed by atoms with E-state index in [-0.39, 0.29) is 12.2 Å². The quantitative estimate of drug-likeness (QED) is 0.854. The van der Waals surface area contributed by atoms with Gasteiger partial charge in [-0.25, -0.2) is 0 Å². The van der Waals surface area contributed by atoms with Gasteiger partial charge in [0.2, 0.25) is 0 Å². The molecule has 1 aromatic heterocycles. The fraction of sp³-hybridized carbons (Fsp3) is 0.769. The number of hydrogen-bond acceptors (Lipinski definition) is 3. The van der Waals surface area contributed by atoms with Crippen LogP contribution in [-0.2, 0) is 11.3 Å². The van der Waals surface area contributed by atoms with E-state index in [4.69, 9.17) is 9.84 Å². The number of rotatable bonds is 2. The van der Waals surface area contributed by atoms with Gasteiger partial charge in [0.15, 0.2) is 0 Å². The van der Waals surface area contributed by atoms with E-state index >= 15 is 0 Å². The first kappa shape index (κ1) is 11.2. The van der Waals surface area contributed by atoms with E-state index in [0.29, 0.717) is 6.04 Å². The second-order valence-corrected chi connectivity index (χ2v) is 5.37. The van der Waals surface area contributed by atoms with Crippen molar-refractivity contribution in [3.63, 3.8) is 0 Å². The minimum Gasteiger partial charge on any atom is -0.392 e. The molecule has 1 spiro atoms. The summed E-state index contributed by atoms with van der Waals surface area (Å²) in [6.07, 6.45) is 10.9. The van der Waals surface area contributed by atoms with Gasteiger partial charge in [0, 0.05) is 18.4 Å². The number of aromatic nitrogens is 2. The highest BCUT2D eigenvalue weighted by atomic mass is 16.5. The van der Waals surface area contributed by atoms with Gasteiger partial charge in [0.25, 0.3) is 0 Å². The number of ether oxygens (including phenoxy) is 1. The Hall–Kier alpha value is -0.870. The molecule has 0 amide bonds. The lowest BCUT2D eigenvalue weighted by molar-refractivity contribution is -0.0910. The number of nitrogens with zero attached hydrogens (tertiary/aromatic N) is 2. The molecule has 1 atom stereocenters. The van der Waals surface area contributed by atoms with Crippen LogP contribution in [0.25, 0.3) is 0 Å². The predicted octanol–water partition coefficient (Wildman–Crippen LogP) is 2.04. The molecular formula is C13H20N2O2. The van der Waals surface area contributed by atoms with Crippen molar-refractivity contribution in [2.75, 3.05) is 6.61 Å². The lowest BCUT2D eigenvalue weighted by Crippen LogP contribution is -2.38. The minimum absolute atomic E-state index is 0.0777. The molecule has 94 valence electrons. The zero-order chi connectivity index (χ0) is 11.7. The lowest BCUT2D eigenvalue weighted by atomic mass is 9.89. The molecule has 3 rings (SSSR count). The van der Waals surface area contributed by atoms with Gasteiger partial charge in [-0.05, 0) is 25.7 Å². The Morgan fingerprint density at radius 1 is 1.47 bits per heavy atom. The fourth-order valence-electron chi connectivity index (χ4n) is 3.25. The summed E-state index contributed by atoms with van der Waals surface area (Å²) >= 11 is 0. The normalized spacial score (nSPS) is 27.7. The second-order valence-electron chi connectivity index (χ2n) is 5.37. The van der Waals surface area contributed by atoms with Crippen molar-refractivity contribution in [3.05, 3.63) is 18.0 Å². The van der Waals surface area contributed by atoms with E-state index in [2.05, 4.69) is 5.10 Å². The van der Waals surface area contributed by atoms with Crippen LogP contribution in [0.3, 0.4) is 0 Å². The Bertz CT molecular complexity index is 383. The third-order valence-electron chi connectivity index (χ3n) is 4.19. The van der Waals surface area contributed by atoms with E-state index in [1.807, 2.05) is 10.9 Å². The highest BCUT2D eigenvalue weighted by Gasteiger charge is 2.40. The molecule has 2 fully saturated rings. The molecular weight excluding hydrogens is 216 g/mol. The molecule has 2 heterocycles. The van der Waals surface area contributed by atoms with Gasteiger partial charge in [-0.15, -0.1) is 0 Å². The maximum absolute atomic E-state index is 9.08. The van der Waals surface area contributed by atoms with Gasteiger partial charge in [0.05, 0.1) is 24.4 Å². The van der Waals surface area contributed by atoms with Crippen LogP contribution in [0.2, 0.25) is 0 Å². The molecule has 1 aliphatic carbocycles. The first-order valence-electron chi connectivity index (χ1n) is 6.59. The van der Waals surface area contributed by atoms with Gasteiger partial charge >= 0.3 is 0 Å². The Morgan fingerprint density at radius 2 is 2.29 bits per heavy atom. The highest BCUT2D eigenvalue weighted by molar-refractivity contribution is 5.03. The van der Waals surface area contributed by atoms with E-state index in [9.17, 15) is 0 Å². The third-order valence-corrected chi connectivity index (χ3v) is 4.19. The van der Waals surface area contributed by atoms with Crippen molar-refractivity contribution in [2.24, 2.45) is 0 Å². The molecule has 0 bridgehead atoms. The van der Waals surface area contributed by atoms with Gasteiger partial charge in [-0.2, -0.15) is 5.10 Å². The number of aliphatic hydroxyl groups is 1. The maximum atomic E-state index is 9.08. The van der Waals surface area contributed by atoms with Crippen LogP contribution in [0.1, 0.15) is 50.1 Å². The van der Waals surface area contributed by atoms with E-state index in [1.54, 1.807) is 6.20 Å². The maximum Gasteiger partial charge on any atom is 0.0712 e. The van der Waals surface area contributed by atoms with Crippen molar-refractivity contribution >= 4 is 0 Å². The van der Waals surface area contributed by atoms with Crippen LogP contribution in [0.4, 0.5) is 0 Å². The van der Waals surface area contributed by atoms with Crippen LogP contribution >= 0.6 is 0 Å². The number of aliphatic hydroxyl groups excluding tert-OH is 1. The topological polar surface area (TPSA) is 47.3 Å². The minimum atomic E-state index is 0.0777. The van der Waals surface area contributed by atoms with Gasteiger partial charge in [-0.3, -0.25) is 4.68 Å². The van der Waals surface area contributed by atoms with Crippen molar-refractivity contribution in [3.8, 4) is 0 Å². The van der Waals surface area contributed by atoms with E-state index in [1.165, 1.54) is 25.7 Å². The molecule has 4 heteroatoms. The van der Waals surface area contributed by atoms with E-state index < -0.39 is 0 Å². The molecule has 1 N–H and O–H groups in total. The van der Waals surface area contributed by atoms with Gasteiger partial charge in [0.1, 0.15) is 0 Å². The first-order chi connectivity index (χ1) is 8.31. The zero-order valence-electron chi connectivity index (χ0n) is 10.1. The summed E-state index contributed by atoms with van der Waals surface area (Å²) in [6.45, 7) is 0.924. The van der Waals surface area contributed by atoms with Crippen molar-refractivity contribution < 1.29 is 9.84 Å². The molecule has 1 unspecified atom stereocenters. The summed E-state index contributed by atoms with van der Waals surface area (Å²) in [4.78, 5) is 0. The molecule has 1 saturated heterocycles. The van der Waals surface area contributed by atoms with Crippen LogP contribution in [-0.4, -0.2) is 27.1 Å². The van der Waals surface area contributed by atoms with Crippen LogP contribution < -0.4 is 0 Å². The summed E-state index contributed by atoms with van der Waals surface area (Å²) in [5.74, 6) is 0. The van der Waals surface area contributed by atoms with Crippen molar-refractivity contribution in [2.45, 2.75) is 56.8 Å². The molecule has 17 heavy (non-hydrogen) atoms. The second kappa shape index (κ2) is 4.42. The van der Waals surface area contributed by atoms with Gasteiger partial charge in [-0.1, -0.05) is 12.8 Å². The predicted molar refractivity (Wildman–Crippen MR) is 63.6 cm³/mol. The van der Waals surface area contributed by atoms with Crippen molar-refractivity contribution in [1.82, 2.24) is 9.78 Å². The molecule has 0 aromatic carbocycles. The molecule has 1 aliphatic heterocycles. The largest absolute Gasteiger partial charge is 0.392 e.